The summed E-state index contributed by atoms with van der Waals surface area (Å²) in [5.41, 5.74) is 3.69. The van der Waals surface area contributed by atoms with Crippen molar-refractivity contribution in [2.75, 3.05) is 0 Å². The minimum Gasteiger partial charge on any atom is -0.488 e. The quantitative estimate of drug-likeness (QED) is 0.752. The van der Waals surface area contributed by atoms with Crippen molar-refractivity contribution < 1.29 is 4.74 Å². The van der Waals surface area contributed by atoms with Crippen molar-refractivity contribution >= 4 is 0 Å². The standard InChI is InChI=1S/C17H20O/c1-13(2)16-11-7-8-14(3)17(16)18-12-15-9-5-4-6-10-15/h4-11,13H,12H2,1-3H3. The lowest BCUT2D eigenvalue weighted by molar-refractivity contribution is 0.299. The third-order valence-electron chi connectivity index (χ3n) is 3.09. The molecule has 18 heavy (non-hydrogen) atoms. The number of para-hydroxylation sites is 1. The molecule has 0 amide bonds. The molecule has 2 rings (SSSR count). The van der Waals surface area contributed by atoms with Gasteiger partial charge in [-0.3, -0.25) is 0 Å². The summed E-state index contributed by atoms with van der Waals surface area (Å²) in [6.07, 6.45) is 0. The van der Waals surface area contributed by atoms with Crippen LogP contribution in [0.2, 0.25) is 0 Å². The van der Waals surface area contributed by atoms with Gasteiger partial charge in [0, 0.05) is 0 Å². The van der Waals surface area contributed by atoms with E-state index >= 15 is 0 Å². The van der Waals surface area contributed by atoms with Crippen LogP contribution in [0, 0.1) is 6.92 Å². The predicted molar refractivity (Wildman–Crippen MR) is 76.0 cm³/mol. The van der Waals surface area contributed by atoms with E-state index in [9.17, 15) is 0 Å². The summed E-state index contributed by atoms with van der Waals surface area (Å²) in [5.74, 6) is 1.52. The van der Waals surface area contributed by atoms with Crippen LogP contribution in [0.15, 0.2) is 48.5 Å². The molecule has 0 aliphatic heterocycles. The molecule has 0 aliphatic carbocycles. The van der Waals surface area contributed by atoms with Crippen LogP contribution in [0.1, 0.15) is 36.5 Å². The van der Waals surface area contributed by atoms with E-state index in [0.717, 1.165) is 5.75 Å². The van der Waals surface area contributed by atoms with Gasteiger partial charge >= 0.3 is 0 Å². The third kappa shape index (κ3) is 2.92. The maximum Gasteiger partial charge on any atom is 0.126 e. The van der Waals surface area contributed by atoms with Gasteiger partial charge in [-0.1, -0.05) is 62.4 Å². The molecule has 2 aromatic carbocycles. The Morgan fingerprint density at radius 3 is 2.33 bits per heavy atom. The first-order valence-corrected chi connectivity index (χ1v) is 6.44. The largest absolute Gasteiger partial charge is 0.488 e. The van der Waals surface area contributed by atoms with Gasteiger partial charge in [0.25, 0.3) is 0 Å². The molecule has 0 unspecified atom stereocenters. The zero-order valence-electron chi connectivity index (χ0n) is 11.3. The molecule has 0 spiro atoms. The highest BCUT2D eigenvalue weighted by molar-refractivity contribution is 5.42. The molecule has 0 fully saturated rings. The van der Waals surface area contributed by atoms with Crippen molar-refractivity contribution in [3.05, 3.63) is 65.2 Å². The van der Waals surface area contributed by atoms with Crippen LogP contribution in [-0.2, 0) is 6.61 Å². The molecule has 0 N–H and O–H groups in total. The minimum absolute atomic E-state index is 0.482. The molecule has 0 aromatic heterocycles. The Balaban J connectivity index is 2.19. The van der Waals surface area contributed by atoms with Gasteiger partial charge in [0.1, 0.15) is 12.4 Å². The number of hydrogen-bond donors (Lipinski definition) is 0. The van der Waals surface area contributed by atoms with Crippen LogP contribution in [0.3, 0.4) is 0 Å². The minimum atomic E-state index is 0.482. The fourth-order valence-corrected chi connectivity index (χ4v) is 2.06. The summed E-state index contributed by atoms with van der Waals surface area (Å²) in [6, 6.07) is 16.6. The highest BCUT2D eigenvalue weighted by Gasteiger charge is 2.10. The van der Waals surface area contributed by atoms with Gasteiger partial charge in [0.2, 0.25) is 0 Å². The normalized spacial score (nSPS) is 10.7. The molecule has 0 saturated carbocycles. The van der Waals surface area contributed by atoms with Gasteiger partial charge in [0.05, 0.1) is 0 Å². The first kappa shape index (κ1) is 12.7. The predicted octanol–water partition coefficient (Wildman–Crippen LogP) is 4.70. The average molecular weight is 240 g/mol. The second-order valence-corrected chi connectivity index (χ2v) is 4.92. The maximum absolute atomic E-state index is 6.02. The number of ether oxygens (including phenoxy) is 1. The van der Waals surface area contributed by atoms with Crippen molar-refractivity contribution in [1.29, 1.82) is 0 Å². The lowest BCUT2D eigenvalue weighted by Gasteiger charge is -2.16. The molecular weight excluding hydrogens is 220 g/mol. The van der Waals surface area contributed by atoms with Crippen LogP contribution in [0.4, 0.5) is 0 Å². The van der Waals surface area contributed by atoms with E-state index in [4.69, 9.17) is 4.74 Å². The Bertz CT molecular complexity index is 500. The van der Waals surface area contributed by atoms with Crippen LogP contribution in [0.25, 0.3) is 0 Å². The molecule has 0 radical (unpaired) electrons. The van der Waals surface area contributed by atoms with Crippen molar-refractivity contribution in [2.45, 2.75) is 33.3 Å². The van der Waals surface area contributed by atoms with Crippen molar-refractivity contribution in [3.63, 3.8) is 0 Å². The number of aryl methyl sites for hydroxylation is 1. The van der Waals surface area contributed by atoms with Crippen molar-refractivity contribution in [2.24, 2.45) is 0 Å². The zero-order chi connectivity index (χ0) is 13.0. The summed E-state index contributed by atoms with van der Waals surface area (Å²) >= 11 is 0. The second kappa shape index (κ2) is 5.72. The number of benzene rings is 2. The summed E-state index contributed by atoms with van der Waals surface area (Å²) in [5, 5.41) is 0. The molecule has 1 heteroatoms. The fourth-order valence-electron chi connectivity index (χ4n) is 2.06. The van der Waals surface area contributed by atoms with Gasteiger partial charge in [-0.25, -0.2) is 0 Å². The van der Waals surface area contributed by atoms with E-state index in [1.54, 1.807) is 0 Å². The molecule has 0 atom stereocenters. The molecule has 0 heterocycles. The fraction of sp³-hybridized carbons (Fsp3) is 0.294. The summed E-state index contributed by atoms with van der Waals surface area (Å²) in [6.45, 7) is 7.13. The van der Waals surface area contributed by atoms with Crippen LogP contribution in [0.5, 0.6) is 5.75 Å². The second-order valence-electron chi connectivity index (χ2n) is 4.92. The SMILES string of the molecule is Cc1cccc(C(C)C)c1OCc1ccccc1. The van der Waals surface area contributed by atoms with Crippen molar-refractivity contribution in [1.82, 2.24) is 0 Å². The third-order valence-corrected chi connectivity index (χ3v) is 3.09. The molecular formula is C17H20O. The van der Waals surface area contributed by atoms with E-state index in [2.05, 4.69) is 51.1 Å². The monoisotopic (exact) mass is 240 g/mol. The summed E-state index contributed by atoms with van der Waals surface area (Å²) in [4.78, 5) is 0. The smallest absolute Gasteiger partial charge is 0.126 e. The average Bonchev–Trinajstić information content (AvgIpc) is 2.38. The Hall–Kier alpha value is -1.76. The first-order valence-electron chi connectivity index (χ1n) is 6.44. The van der Waals surface area contributed by atoms with E-state index in [0.29, 0.717) is 12.5 Å². The van der Waals surface area contributed by atoms with Gasteiger partial charge in [-0.05, 0) is 29.5 Å². The molecule has 0 aliphatic rings. The van der Waals surface area contributed by atoms with Gasteiger partial charge in [0.15, 0.2) is 0 Å². The number of rotatable bonds is 4. The van der Waals surface area contributed by atoms with Crippen LogP contribution >= 0.6 is 0 Å². The van der Waals surface area contributed by atoms with Crippen LogP contribution < -0.4 is 4.74 Å². The first-order chi connectivity index (χ1) is 8.68. The van der Waals surface area contributed by atoms with E-state index < -0.39 is 0 Å². The molecule has 0 saturated heterocycles. The van der Waals surface area contributed by atoms with E-state index in [1.165, 1.54) is 16.7 Å². The molecule has 0 bridgehead atoms. The number of hydrogen-bond acceptors (Lipinski definition) is 1. The van der Waals surface area contributed by atoms with Crippen LogP contribution in [-0.4, -0.2) is 0 Å². The Morgan fingerprint density at radius 2 is 1.67 bits per heavy atom. The maximum atomic E-state index is 6.02. The highest BCUT2D eigenvalue weighted by Crippen LogP contribution is 2.30. The summed E-state index contributed by atoms with van der Waals surface area (Å²) < 4.78 is 6.02. The Morgan fingerprint density at radius 1 is 0.944 bits per heavy atom. The van der Waals surface area contributed by atoms with Gasteiger partial charge in [-0.2, -0.15) is 0 Å². The van der Waals surface area contributed by atoms with Gasteiger partial charge in [-0.15, -0.1) is 0 Å². The lowest BCUT2D eigenvalue weighted by atomic mass is 9.99. The molecule has 94 valence electrons. The lowest BCUT2D eigenvalue weighted by Crippen LogP contribution is -2.01. The van der Waals surface area contributed by atoms with Gasteiger partial charge < -0.3 is 4.74 Å². The Kier molecular flexibility index (Phi) is 4.03. The van der Waals surface area contributed by atoms with E-state index in [1.807, 2.05) is 18.2 Å². The Labute approximate surface area is 109 Å². The van der Waals surface area contributed by atoms with E-state index in [-0.39, 0.29) is 0 Å². The zero-order valence-corrected chi connectivity index (χ0v) is 11.3. The highest BCUT2D eigenvalue weighted by atomic mass is 16.5. The van der Waals surface area contributed by atoms with Crippen molar-refractivity contribution in [3.8, 4) is 5.75 Å². The molecule has 2 aromatic rings. The topological polar surface area (TPSA) is 9.23 Å². The summed E-state index contributed by atoms with van der Waals surface area (Å²) in [7, 11) is 0. The molecule has 1 nitrogen and oxygen atoms in total.